The van der Waals surface area contributed by atoms with Crippen molar-refractivity contribution < 1.29 is 4.92 Å². The molecule has 1 heterocycles. The van der Waals surface area contributed by atoms with Crippen molar-refractivity contribution in [1.82, 2.24) is 14.9 Å². The number of nitro groups is 1. The molecule has 0 fully saturated rings. The third kappa shape index (κ3) is 6.97. The third-order valence-corrected chi connectivity index (χ3v) is 4.68. The Morgan fingerprint density at radius 1 is 1.03 bits per heavy atom. The van der Waals surface area contributed by atoms with E-state index in [0.717, 1.165) is 16.8 Å². The van der Waals surface area contributed by atoms with Gasteiger partial charge in [-0.2, -0.15) is 0 Å². The molecule has 0 unspecified atom stereocenters. The van der Waals surface area contributed by atoms with E-state index >= 15 is 0 Å². The Hall–Kier alpha value is -2.58. The number of hydrogen-bond donors (Lipinski definition) is 1. The van der Waals surface area contributed by atoms with Gasteiger partial charge in [-0.3, -0.25) is 10.1 Å². The van der Waals surface area contributed by atoms with Gasteiger partial charge >= 0.3 is 0 Å². The van der Waals surface area contributed by atoms with Crippen molar-refractivity contribution >= 4 is 30.5 Å². The van der Waals surface area contributed by atoms with Crippen LogP contribution in [0.3, 0.4) is 0 Å². The first kappa shape index (κ1) is 27.5. The molecule has 0 aliphatic rings. The molecule has 0 saturated carbocycles. The van der Waals surface area contributed by atoms with E-state index < -0.39 is 4.92 Å². The van der Waals surface area contributed by atoms with Crippen LogP contribution in [0.25, 0.3) is 22.6 Å². The standard InChI is InChI=1S/C23H27N5O2.2ClH/c1-16-20(14-27(4)15-23(2,3)24)21(18-11-8-12-19(13-18)28(29)30)26-22(25-16)17-9-6-5-7-10-17;;/h5-13H,14-15,24H2,1-4H3;2*1H. The normalized spacial score (nSPS) is 10.9. The fourth-order valence-corrected chi connectivity index (χ4v) is 3.53. The van der Waals surface area contributed by atoms with Gasteiger partial charge in [0.1, 0.15) is 0 Å². The maximum Gasteiger partial charge on any atom is 0.270 e. The number of benzene rings is 2. The molecule has 0 aliphatic carbocycles. The van der Waals surface area contributed by atoms with Crippen LogP contribution in [0.1, 0.15) is 25.1 Å². The number of nitro benzene ring substituents is 1. The minimum Gasteiger partial charge on any atom is -0.324 e. The van der Waals surface area contributed by atoms with E-state index in [-0.39, 0.29) is 36.0 Å². The molecule has 0 aliphatic heterocycles. The summed E-state index contributed by atoms with van der Waals surface area (Å²) < 4.78 is 0. The predicted octanol–water partition coefficient (Wildman–Crippen LogP) is 5.04. The Labute approximate surface area is 201 Å². The van der Waals surface area contributed by atoms with Gasteiger partial charge in [0.25, 0.3) is 5.69 Å². The van der Waals surface area contributed by atoms with Crippen molar-refractivity contribution in [2.75, 3.05) is 13.6 Å². The largest absolute Gasteiger partial charge is 0.324 e. The van der Waals surface area contributed by atoms with Crippen LogP contribution in [0.5, 0.6) is 0 Å². The van der Waals surface area contributed by atoms with Crippen molar-refractivity contribution in [3.63, 3.8) is 0 Å². The second-order valence-corrected chi connectivity index (χ2v) is 8.29. The zero-order chi connectivity index (χ0) is 21.9. The molecule has 3 aromatic rings. The van der Waals surface area contributed by atoms with E-state index in [1.807, 2.05) is 64.2 Å². The summed E-state index contributed by atoms with van der Waals surface area (Å²) in [6, 6.07) is 16.3. The predicted molar refractivity (Wildman–Crippen MR) is 133 cm³/mol. The lowest BCUT2D eigenvalue weighted by atomic mass is 10.0. The summed E-state index contributed by atoms with van der Waals surface area (Å²) in [5, 5.41) is 11.3. The van der Waals surface area contributed by atoms with E-state index in [0.29, 0.717) is 30.2 Å². The van der Waals surface area contributed by atoms with Gasteiger partial charge in [0, 0.05) is 53.1 Å². The van der Waals surface area contributed by atoms with Gasteiger partial charge in [-0.1, -0.05) is 42.5 Å². The van der Waals surface area contributed by atoms with Crippen LogP contribution in [-0.2, 0) is 6.54 Å². The average molecular weight is 478 g/mol. The van der Waals surface area contributed by atoms with Gasteiger partial charge in [0.2, 0.25) is 0 Å². The maximum atomic E-state index is 11.3. The lowest BCUT2D eigenvalue weighted by molar-refractivity contribution is -0.384. The Morgan fingerprint density at radius 2 is 1.66 bits per heavy atom. The summed E-state index contributed by atoms with van der Waals surface area (Å²) in [5.74, 6) is 0.597. The van der Waals surface area contributed by atoms with Gasteiger partial charge in [-0.05, 0) is 27.8 Å². The van der Waals surface area contributed by atoms with Crippen LogP contribution in [0.15, 0.2) is 54.6 Å². The molecule has 0 atom stereocenters. The Morgan fingerprint density at radius 3 is 2.25 bits per heavy atom. The third-order valence-electron chi connectivity index (χ3n) is 4.68. The minimum absolute atomic E-state index is 0. The van der Waals surface area contributed by atoms with Crippen molar-refractivity contribution in [2.24, 2.45) is 5.73 Å². The Bertz CT molecular complexity index is 1060. The Balaban J connectivity index is 0.00000256. The highest BCUT2D eigenvalue weighted by molar-refractivity contribution is 5.85. The molecule has 0 radical (unpaired) electrons. The molecule has 7 nitrogen and oxygen atoms in total. The number of rotatable bonds is 7. The van der Waals surface area contributed by atoms with E-state index in [4.69, 9.17) is 15.7 Å². The van der Waals surface area contributed by atoms with Crippen LogP contribution in [0.2, 0.25) is 0 Å². The quantitative estimate of drug-likeness (QED) is 0.377. The number of nitrogens with zero attached hydrogens (tertiary/aromatic N) is 4. The molecule has 0 bridgehead atoms. The summed E-state index contributed by atoms with van der Waals surface area (Å²) in [6.45, 7) is 7.17. The van der Waals surface area contributed by atoms with Gasteiger partial charge in [-0.15, -0.1) is 24.8 Å². The first-order valence-corrected chi connectivity index (χ1v) is 9.79. The molecule has 2 N–H and O–H groups in total. The second-order valence-electron chi connectivity index (χ2n) is 8.29. The van der Waals surface area contributed by atoms with Crippen molar-refractivity contribution in [2.45, 2.75) is 32.9 Å². The molecule has 3 rings (SSSR count). The van der Waals surface area contributed by atoms with Gasteiger partial charge < -0.3 is 10.6 Å². The van der Waals surface area contributed by atoms with Crippen LogP contribution < -0.4 is 5.73 Å². The maximum absolute atomic E-state index is 11.3. The topological polar surface area (TPSA) is 98.2 Å². The first-order valence-electron chi connectivity index (χ1n) is 9.79. The van der Waals surface area contributed by atoms with Crippen LogP contribution in [-0.4, -0.2) is 38.9 Å². The molecule has 32 heavy (non-hydrogen) atoms. The highest BCUT2D eigenvalue weighted by Crippen LogP contribution is 2.30. The number of aromatic nitrogens is 2. The van der Waals surface area contributed by atoms with E-state index in [9.17, 15) is 10.1 Å². The number of hydrogen-bond acceptors (Lipinski definition) is 6. The highest BCUT2D eigenvalue weighted by atomic mass is 35.5. The van der Waals surface area contributed by atoms with Crippen molar-refractivity contribution in [3.8, 4) is 22.6 Å². The summed E-state index contributed by atoms with van der Waals surface area (Å²) in [7, 11) is 2.00. The number of aryl methyl sites for hydroxylation is 1. The molecule has 0 spiro atoms. The van der Waals surface area contributed by atoms with Gasteiger partial charge in [-0.25, -0.2) is 9.97 Å². The molecule has 9 heteroatoms. The number of non-ortho nitro benzene ring substituents is 1. The van der Waals surface area contributed by atoms with Crippen LogP contribution in [0, 0.1) is 17.0 Å². The van der Waals surface area contributed by atoms with Crippen LogP contribution in [0.4, 0.5) is 5.69 Å². The average Bonchev–Trinajstić information content (AvgIpc) is 2.68. The molecular formula is C23H29Cl2N5O2. The summed E-state index contributed by atoms with van der Waals surface area (Å²) in [5.41, 5.74) is 9.94. The second kappa shape index (κ2) is 11.3. The van der Waals surface area contributed by atoms with E-state index in [1.165, 1.54) is 6.07 Å². The lowest BCUT2D eigenvalue weighted by Gasteiger charge is -2.27. The molecule has 172 valence electrons. The summed E-state index contributed by atoms with van der Waals surface area (Å²) >= 11 is 0. The lowest BCUT2D eigenvalue weighted by Crippen LogP contribution is -2.43. The molecule has 2 aromatic carbocycles. The Kier molecular flexibility index (Phi) is 9.72. The summed E-state index contributed by atoms with van der Waals surface area (Å²) in [6.07, 6.45) is 0. The fraction of sp³-hybridized carbons (Fsp3) is 0.304. The zero-order valence-electron chi connectivity index (χ0n) is 18.6. The van der Waals surface area contributed by atoms with Gasteiger partial charge in [0.05, 0.1) is 10.6 Å². The SMILES string of the molecule is Cc1nc(-c2ccccc2)nc(-c2cccc([N+](=O)[O-])c2)c1CN(C)CC(C)(C)N.Cl.Cl. The minimum atomic E-state index is -0.390. The molecular weight excluding hydrogens is 449 g/mol. The van der Waals surface area contributed by atoms with E-state index in [1.54, 1.807) is 12.1 Å². The number of likely N-dealkylation sites (N-methyl/N-ethyl adjacent to an activating group) is 1. The monoisotopic (exact) mass is 477 g/mol. The fourth-order valence-electron chi connectivity index (χ4n) is 3.53. The molecule has 0 amide bonds. The molecule has 0 saturated heterocycles. The van der Waals surface area contributed by atoms with Crippen molar-refractivity contribution in [3.05, 3.63) is 76.0 Å². The zero-order valence-corrected chi connectivity index (χ0v) is 20.2. The smallest absolute Gasteiger partial charge is 0.270 e. The van der Waals surface area contributed by atoms with E-state index in [2.05, 4.69) is 4.90 Å². The van der Waals surface area contributed by atoms with Crippen molar-refractivity contribution in [1.29, 1.82) is 0 Å². The first-order chi connectivity index (χ1) is 14.1. The molecule has 1 aromatic heterocycles. The van der Waals surface area contributed by atoms with Gasteiger partial charge in [0.15, 0.2) is 5.82 Å². The number of halogens is 2. The number of nitrogens with two attached hydrogens (primary N) is 1. The summed E-state index contributed by atoms with van der Waals surface area (Å²) in [4.78, 5) is 22.6. The van der Waals surface area contributed by atoms with Crippen LogP contribution >= 0.6 is 24.8 Å². The highest BCUT2D eigenvalue weighted by Gasteiger charge is 2.20.